The zero-order valence-corrected chi connectivity index (χ0v) is 10.8. The zero-order valence-electron chi connectivity index (χ0n) is 10.8. The Balaban J connectivity index is 1.89. The molecule has 1 unspecified atom stereocenters. The summed E-state index contributed by atoms with van der Waals surface area (Å²) < 4.78 is 5.90. The van der Waals surface area contributed by atoms with E-state index in [0.717, 1.165) is 25.1 Å². The Bertz CT molecular complexity index is 381. The van der Waals surface area contributed by atoms with Crippen molar-refractivity contribution in [2.75, 3.05) is 26.7 Å². The fourth-order valence-electron chi connectivity index (χ4n) is 2.22. The van der Waals surface area contributed by atoms with Crippen molar-refractivity contribution in [1.29, 1.82) is 0 Å². The largest absolute Gasteiger partial charge is 0.489 e. The van der Waals surface area contributed by atoms with Crippen LogP contribution in [0.1, 0.15) is 12.8 Å². The van der Waals surface area contributed by atoms with Gasteiger partial charge in [-0.15, -0.1) is 0 Å². The van der Waals surface area contributed by atoms with Crippen LogP contribution in [-0.4, -0.2) is 43.6 Å². The molecule has 98 valence electrons. The van der Waals surface area contributed by atoms with Gasteiger partial charge < -0.3 is 15.0 Å². The van der Waals surface area contributed by atoms with Crippen molar-refractivity contribution in [3.05, 3.63) is 30.3 Å². The second kappa shape index (κ2) is 6.40. The van der Waals surface area contributed by atoms with Gasteiger partial charge in [0.2, 0.25) is 5.91 Å². The van der Waals surface area contributed by atoms with E-state index in [1.54, 1.807) is 7.05 Å². The van der Waals surface area contributed by atoms with Crippen molar-refractivity contribution in [3.8, 4) is 5.75 Å². The molecule has 1 atom stereocenters. The molecule has 1 saturated heterocycles. The third-order valence-corrected chi connectivity index (χ3v) is 3.10. The highest BCUT2D eigenvalue weighted by Gasteiger charge is 2.24. The van der Waals surface area contributed by atoms with Crippen LogP contribution >= 0.6 is 0 Å². The maximum absolute atomic E-state index is 11.8. The van der Waals surface area contributed by atoms with E-state index in [4.69, 9.17) is 4.74 Å². The van der Waals surface area contributed by atoms with Gasteiger partial charge in [-0.25, -0.2) is 0 Å². The van der Waals surface area contributed by atoms with E-state index in [9.17, 15) is 4.79 Å². The van der Waals surface area contributed by atoms with Crippen molar-refractivity contribution in [2.45, 2.75) is 18.9 Å². The first-order chi connectivity index (χ1) is 8.79. The Labute approximate surface area is 108 Å². The fraction of sp³-hybridized carbons (Fsp3) is 0.500. The van der Waals surface area contributed by atoms with E-state index < -0.39 is 0 Å². The molecule has 1 N–H and O–H groups in total. The highest BCUT2D eigenvalue weighted by molar-refractivity contribution is 5.78. The maximum Gasteiger partial charge on any atom is 0.236 e. The van der Waals surface area contributed by atoms with Crippen LogP contribution < -0.4 is 10.1 Å². The predicted molar refractivity (Wildman–Crippen MR) is 70.6 cm³/mol. The number of hydrogen-bond donors (Lipinski definition) is 1. The normalized spacial score (nSPS) is 19.6. The number of amides is 1. The van der Waals surface area contributed by atoms with Crippen LogP contribution in [0.3, 0.4) is 0 Å². The van der Waals surface area contributed by atoms with E-state index in [1.807, 2.05) is 35.2 Å². The van der Waals surface area contributed by atoms with E-state index in [0.29, 0.717) is 13.1 Å². The number of nitrogens with zero attached hydrogens (tertiary/aromatic N) is 1. The summed E-state index contributed by atoms with van der Waals surface area (Å²) >= 11 is 0. The second-order valence-corrected chi connectivity index (χ2v) is 4.57. The first-order valence-corrected chi connectivity index (χ1v) is 6.43. The molecular weight excluding hydrogens is 228 g/mol. The summed E-state index contributed by atoms with van der Waals surface area (Å²) in [7, 11) is 1.79. The molecule has 2 rings (SSSR count). The second-order valence-electron chi connectivity index (χ2n) is 4.57. The fourth-order valence-corrected chi connectivity index (χ4v) is 2.22. The summed E-state index contributed by atoms with van der Waals surface area (Å²) in [5.41, 5.74) is 0. The maximum atomic E-state index is 11.8. The molecule has 0 radical (unpaired) electrons. The molecule has 1 aliphatic rings. The number of likely N-dealkylation sites (N-methyl/N-ethyl adjacent to an activating group) is 1. The first-order valence-electron chi connectivity index (χ1n) is 6.43. The number of piperidine rings is 1. The molecule has 18 heavy (non-hydrogen) atoms. The summed E-state index contributed by atoms with van der Waals surface area (Å²) in [6.07, 6.45) is 2.13. The average molecular weight is 248 g/mol. The summed E-state index contributed by atoms with van der Waals surface area (Å²) in [6, 6.07) is 9.80. The first kappa shape index (κ1) is 12.9. The summed E-state index contributed by atoms with van der Waals surface area (Å²) in [5, 5.41) is 2.90. The third kappa shape index (κ3) is 3.47. The van der Waals surface area contributed by atoms with E-state index >= 15 is 0 Å². The number of carbonyl (C=O) groups excluding carboxylic acids is 1. The topological polar surface area (TPSA) is 41.6 Å². The average Bonchev–Trinajstić information content (AvgIpc) is 2.40. The molecule has 0 bridgehead atoms. The van der Waals surface area contributed by atoms with Gasteiger partial charge in [0.05, 0.1) is 13.1 Å². The molecule has 1 aromatic rings. The van der Waals surface area contributed by atoms with Crippen LogP contribution in [0.4, 0.5) is 0 Å². The lowest BCUT2D eigenvalue weighted by atomic mass is 10.1. The molecule has 4 heteroatoms. The summed E-state index contributed by atoms with van der Waals surface area (Å²) in [6.45, 7) is 1.93. The van der Waals surface area contributed by atoms with Crippen LogP contribution in [0.2, 0.25) is 0 Å². The lowest BCUT2D eigenvalue weighted by Gasteiger charge is -2.33. The standard InChI is InChI=1S/C14H20N2O2/c1-15-10-14(17)16-9-5-8-13(11-16)18-12-6-3-2-4-7-12/h2-4,6-7,13,15H,5,8-11H2,1H3. The van der Waals surface area contributed by atoms with Gasteiger partial charge in [0, 0.05) is 6.54 Å². The van der Waals surface area contributed by atoms with E-state index in [2.05, 4.69) is 5.32 Å². The highest BCUT2D eigenvalue weighted by Crippen LogP contribution is 2.18. The van der Waals surface area contributed by atoms with Gasteiger partial charge in [-0.3, -0.25) is 4.79 Å². The van der Waals surface area contributed by atoms with Crippen molar-refractivity contribution in [3.63, 3.8) is 0 Å². The molecule has 1 heterocycles. The zero-order chi connectivity index (χ0) is 12.8. The van der Waals surface area contributed by atoms with Gasteiger partial charge in [-0.1, -0.05) is 18.2 Å². The minimum Gasteiger partial charge on any atom is -0.489 e. The molecule has 4 nitrogen and oxygen atoms in total. The number of carbonyl (C=O) groups is 1. The number of hydrogen-bond acceptors (Lipinski definition) is 3. The van der Waals surface area contributed by atoms with Gasteiger partial charge in [0.25, 0.3) is 0 Å². The summed E-state index contributed by atoms with van der Waals surface area (Å²) in [4.78, 5) is 13.7. The Hall–Kier alpha value is -1.55. The minimum atomic E-state index is 0.113. The Morgan fingerprint density at radius 1 is 1.44 bits per heavy atom. The van der Waals surface area contributed by atoms with Crippen LogP contribution in [0.15, 0.2) is 30.3 Å². The molecule has 1 aliphatic heterocycles. The van der Waals surface area contributed by atoms with E-state index in [1.165, 1.54) is 0 Å². The molecule has 0 saturated carbocycles. The molecule has 0 aliphatic carbocycles. The number of nitrogens with one attached hydrogen (secondary N) is 1. The quantitative estimate of drug-likeness (QED) is 0.872. The number of benzene rings is 1. The molecule has 1 amide bonds. The van der Waals surface area contributed by atoms with Crippen molar-refractivity contribution in [2.24, 2.45) is 0 Å². The summed E-state index contributed by atoms with van der Waals surface area (Å²) in [5.74, 6) is 1.03. The van der Waals surface area contributed by atoms with Crippen molar-refractivity contribution < 1.29 is 9.53 Å². The van der Waals surface area contributed by atoms with Crippen LogP contribution in [-0.2, 0) is 4.79 Å². The van der Waals surface area contributed by atoms with Crippen LogP contribution in [0.5, 0.6) is 5.75 Å². The molecule has 1 aromatic carbocycles. The molecule has 0 spiro atoms. The monoisotopic (exact) mass is 248 g/mol. The third-order valence-electron chi connectivity index (χ3n) is 3.10. The molecular formula is C14H20N2O2. The van der Waals surface area contributed by atoms with Gasteiger partial charge in [0.15, 0.2) is 0 Å². The number of ether oxygens (including phenoxy) is 1. The lowest BCUT2D eigenvalue weighted by Crippen LogP contribution is -2.46. The van der Waals surface area contributed by atoms with Crippen molar-refractivity contribution >= 4 is 5.91 Å². The van der Waals surface area contributed by atoms with Gasteiger partial charge >= 0.3 is 0 Å². The number of para-hydroxylation sites is 1. The SMILES string of the molecule is CNCC(=O)N1CCCC(Oc2ccccc2)C1. The minimum absolute atomic E-state index is 0.113. The molecule has 1 fully saturated rings. The van der Waals surface area contributed by atoms with Crippen molar-refractivity contribution in [1.82, 2.24) is 10.2 Å². The van der Waals surface area contributed by atoms with E-state index in [-0.39, 0.29) is 12.0 Å². The lowest BCUT2D eigenvalue weighted by molar-refractivity contribution is -0.132. The van der Waals surface area contributed by atoms with Gasteiger partial charge in [0.1, 0.15) is 11.9 Å². The Morgan fingerprint density at radius 2 is 2.22 bits per heavy atom. The highest BCUT2D eigenvalue weighted by atomic mass is 16.5. The van der Waals surface area contributed by atoms with Gasteiger partial charge in [-0.2, -0.15) is 0 Å². The number of rotatable bonds is 4. The number of likely N-dealkylation sites (tertiary alicyclic amines) is 1. The Kier molecular flexibility index (Phi) is 4.59. The predicted octanol–water partition coefficient (Wildman–Crippen LogP) is 1.28. The smallest absolute Gasteiger partial charge is 0.236 e. The van der Waals surface area contributed by atoms with Crippen LogP contribution in [0.25, 0.3) is 0 Å². The Morgan fingerprint density at radius 3 is 2.94 bits per heavy atom. The van der Waals surface area contributed by atoms with Gasteiger partial charge in [-0.05, 0) is 32.0 Å². The molecule has 0 aromatic heterocycles. The van der Waals surface area contributed by atoms with Crippen LogP contribution in [0, 0.1) is 0 Å².